The number of hydrogen-bond donors (Lipinski definition) is 1. The molecule has 0 fully saturated rings. The SMILES string of the molecule is O=C(CCc1nnc(-c2ccccn2)o1)NCc1ccc(F)cc1. The number of nitrogens with zero attached hydrogens (tertiary/aromatic N) is 3. The minimum Gasteiger partial charge on any atom is -0.419 e. The zero-order chi connectivity index (χ0) is 16.8. The van der Waals surface area contributed by atoms with E-state index in [2.05, 4.69) is 20.5 Å². The monoisotopic (exact) mass is 326 g/mol. The second-order valence-electron chi connectivity index (χ2n) is 5.12. The fourth-order valence-electron chi connectivity index (χ4n) is 2.06. The Hall–Kier alpha value is -3.09. The summed E-state index contributed by atoms with van der Waals surface area (Å²) in [6, 6.07) is 11.4. The molecule has 2 aromatic heterocycles. The summed E-state index contributed by atoms with van der Waals surface area (Å²) < 4.78 is 18.3. The average molecular weight is 326 g/mol. The third kappa shape index (κ3) is 4.22. The van der Waals surface area contributed by atoms with Crippen LogP contribution in [0.1, 0.15) is 17.9 Å². The minimum atomic E-state index is -0.301. The highest BCUT2D eigenvalue weighted by Crippen LogP contribution is 2.14. The first-order chi connectivity index (χ1) is 11.7. The van der Waals surface area contributed by atoms with Gasteiger partial charge in [0.05, 0.1) is 0 Å². The van der Waals surface area contributed by atoms with Gasteiger partial charge < -0.3 is 9.73 Å². The number of benzene rings is 1. The molecule has 0 atom stereocenters. The van der Waals surface area contributed by atoms with Gasteiger partial charge in [0.15, 0.2) is 0 Å². The first kappa shape index (κ1) is 15.8. The van der Waals surface area contributed by atoms with Crippen LogP contribution in [-0.2, 0) is 17.8 Å². The largest absolute Gasteiger partial charge is 0.419 e. The van der Waals surface area contributed by atoms with Crippen LogP contribution in [-0.4, -0.2) is 21.1 Å². The van der Waals surface area contributed by atoms with E-state index < -0.39 is 0 Å². The lowest BCUT2D eigenvalue weighted by Crippen LogP contribution is -2.23. The lowest BCUT2D eigenvalue weighted by molar-refractivity contribution is -0.121. The highest BCUT2D eigenvalue weighted by Gasteiger charge is 2.11. The van der Waals surface area contributed by atoms with Crippen molar-refractivity contribution in [3.8, 4) is 11.6 Å². The summed E-state index contributed by atoms with van der Waals surface area (Å²) in [5.74, 6) is 0.270. The van der Waals surface area contributed by atoms with Gasteiger partial charge in [0.2, 0.25) is 11.8 Å². The first-order valence-corrected chi connectivity index (χ1v) is 7.45. The van der Waals surface area contributed by atoms with Crippen LogP contribution in [0.3, 0.4) is 0 Å². The van der Waals surface area contributed by atoms with E-state index in [1.165, 1.54) is 12.1 Å². The number of carbonyl (C=O) groups is 1. The fourth-order valence-corrected chi connectivity index (χ4v) is 2.06. The molecule has 0 radical (unpaired) electrons. The number of carbonyl (C=O) groups excluding carboxylic acids is 1. The maximum Gasteiger partial charge on any atom is 0.266 e. The summed E-state index contributed by atoms with van der Waals surface area (Å²) in [6.45, 7) is 0.349. The van der Waals surface area contributed by atoms with E-state index >= 15 is 0 Å². The van der Waals surface area contributed by atoms with Crippen LogP contribution >= 0.6 is 0 Å². The standard InChI is InChI=1S/C17H15FN4O2/c18-13-6-4-12(5-7-13)11-20-15(23)8-9-16-21-22-17(24-16)14-3-1-2-10-19-14/h1-7,10H,8-9,11H2,(H,20,23). The summed E-state index contributed by atoms with van der Waals surface area (Å²) in [6.07, 6.45) is 2.21. The second-order valence-corrected chi connectivity index (χ2v) is 5.12. The highest BCUT2D eigenvalue weighted by atomic mass is 19.1. The van der Waals surface area contributed by atoms with E-state index in [4.69, 9.17) is 4.42 Å². The Morgan fingerprint density at radius 2 is 1.96 bits per heavy atom. The highest BCUT2D eigenvalue weighted by molar-refractivity contribution is 5.76. The van der Waals surface area contributed by atoms with Gasteiger partial charge in [-0.25, -0.2) is 4.39 Å². The summed E-state index contributed by atoms with van der Waals surface area (Å²) in [5.41, 5.74) is 1.43. The lowest BCUT2D eigenvalue weighted by Gasteiger charge is -2.04. The fraction of sp³-hybridized carbons (Fsp3) is 0.176. The van der Waals surface area contributed by atoms with E-state index in [9.17, 15) is 9.18 Å². The Morgan fingerprint density at radius 1 is 1.12 bits per heavy atom. The Bertz CT molecular complexity index is 803. The van der Waals surface area contributed by atoms with Gasteiger partial charge >= 0.3 is 0 Å². The molecule has 3 aromatic rings. The molecule has 0 spiro atoms. The Balaban J connectivity index is 1.48. The molecule has 2 heterocycles. The van der Waals surface area contributed by atoms with Crippen LogP contribution in [0.25, 0.3) is 11.6 Å². The van der Waals surface area contributed by atoms with Crippen LogP contribution in [0.2, 0.25) is 0 Å². The number of pyridine rings is 1. The number of nitrogens with one attached hydrogen (secondary N) is 1. The predicted molar refractivity (Wildman–Crippen MR) is 84.1 cm³/mol. The van der Waals surface area contributed by atoms with Crippen molar-refractivity contribution in [2.24, 2.45) is 0 Å². The number of aromatic nitrogens is 3. The van der Waals surface area contributed by atoms with Crippen LogP contribution in [0.5, 0.6) is 0 Å². The van der Waals surface area contributed by atoms with Gasteiger partial charge in [-0.2, -0.15) is 0 Å². The maximum absolute atomic E-state index is 12.8. The van der Waals surface area contributed by atoms with Gasteiger partial charge in [-0.05, 0) is 29.8 Å². The molecule has 0 bridgehead atoms. The Kier molecular flexibility index (Phi) is 4.90. The molecule has 6 nitrogen and oxygen atoms in total. The van der Waals surface area contributed by atoms with Gasteiger partial charge in [-0.15, -0.1) is 10.2 Å². The topological polar surface area (TPSA) is 80.9 Å². The van der Waals surface area contributed by atoms with Crippen LogP contribution in [0, 0.1) is 5.82 Å². The number of hydrogen-bond acceptors (Lipinski definition) is 5. The van der Waals surface area contributed by atoms with Crippen molar-refractivity contribution in [2.45, 2.75) is 19.4 Å². The van der Waals surface area contributed by atoms with E-state index in [0.717, 1.165) is 5.56 Å². The van der Waals surface area contributed by atoms with Crippen molar-refractivity contribution in [1.82, 2.24) is 20.5 Å². The van der Waals surface area contributed by atoms with E-state index in [1.807, 2.05) is 6.07 Å². The zero-order valence-electron chi connectivity index (χ0n) is 12.8. The minimum absolute atomic E-state index is 0.142. The molecule has 0 aliphatic carbocycles. The van der Waals surface area contributed by atoms with Gasteiger partial charge in [0.1, 0.15) is 11.5 Å². The predicted octanol–water partition coefficient (Wildman–Crippen LogP) is 2.52. The molecule has 0 aliphatic heterocycles. The van der Waals surface area contributed by atoms with Crippen LogP contribution in [0.4, 0.5) is 4.39 Å². The normalized spacial score (nSPS) is 10.5. The number of aryl methyl sites for hydroxylation is 1. The number of rotatable bonds is 6. The molecular weight excluding hydrogens is 311 g/mol. The summed E-state index contributed by atoms with van der Waals surface area (Å²) in [7, 11) is 0. The van der Waals surface area contributed by atoms with Crippen molar-refractivity contribution in [2.75, 3.05) is 0 Å². The van der Waals surface area contributed by atoms with Crippen molar-refractivity contribution < 1.29 is 13.6 Å². The molecule has 0 saturated carbocycles. The molecule has 1 amide bonds. The van der Waals surface area contributed by atoms with Gasteiger partial charge in [0, 0.05) is 25.6 Å². The zero-order valence-corrected chi connectivity index (χ0v) is 12.8. The van der Waals surface area contributed by atoms with Crippen molar-refractivity contribution in [3.63, 3.8) is 0 Å². The maximum atomic E-state index is 12.8. The molecule has 0 unspecified atom stereocenters. The third-order valence-corrected chi connectivity index (χ3v) is 3.32. The van der Waals surface area contributed by atoms with E-state index in [1.54, 1.807) is 30.5 Å². The molecule has 0 aliphatic rings. The molecule has 122 valence electrons. The Morgan fingerprint density at radius 3 is 2.71 bits per heavy atom. The quantitative estimate of drug-likeness (QED) is 0.753. The van der Waals surface area contributed by atoms with E-state index in [-0.39, 0.29) is 18.1 Å². The smallest absolute Gasteiger partial charge is 0.266 e. The number of halogens is 1. The summed E-state index contributed by atoms with van der Waals surface area (Å²) >= 11 is 0. The average Bonchev–Trinajstić information content (AvgIpc) is 3.09. The molecule has 7 heteroatoms. The molecule has 0 saturated heterocycles. The van der Waals surface area contributed by atoms with Crippen molar-refractivity contribution >= 4 is 5.91 Å². The third-order valence-electron chi connectivity index (χ3n) is 3.32. The summed E-state index contributed by atoms with van der Waals surface area (Å²) in [5, 5.41) is 10.6. The van der Waals surface area contributed by atoms with Gasteiger partial charge in [-0.1, -0.05) is 18.2 Å². The molecule has 3 rings (SSSR count). The second kappa shape index (κ2) is 7.45. The van der Waals surface area contributed by atoms with Crippen molar-refractivity contribution in [1.29, 1.82) is 0 Å². The van der Waals surface area contributed by atoms with E-state index in [0.29, 0.717) is 30.4 Å². The van der Waals surface area contributed by atoms with Crippen LogP contribution in [0.15, 0.2) is 53.1 Å². The molecular formula is C17H15FN4O2. The number of amides is 1. The Labute approximate surface area is 137 Å². The molecule has 1 N–H and O–H groups in total. The van der Waals surface area contributed by atoms with Gasteiger partial charge in [0.25, 0.3) is 5.89 Å². The summed E-state index contributed by atoms with van der Waals surface area (Å²) in [4.78, 5) is 16.0. The van der Waals surface area contributed by atoms with Crippen LogP contribution < -0.4 is 5.32 Å². The molecule has 24 heavy (non-hydrogen) atoms. The van der Waals surface area contributed by atoms with Gasteiger partial charge in [-0.3, -0.25) is 9.78 Å². The van der Waals surface area contributed by atoms with Crippen molar-refractivity contribution in [3.05, 3.63) is 65.9 Å². The lowest BCUT2D eigenvalue weighted by atomic mass is 10.2. The first-order valence-electron chi connectivity index (χ1n) is 7.45. The molecule has 1 aromatic carbocycles.